The molecule has 0 aliphatic heterocycles. The molecule has 5 heteroatoms. The van der Waals surface area contributed by atoms with Crippen LogP contribution in [-0.2, 0) is 11.2 Å². The van der Waals surface area contributed by atoms with Gasteiger partial charge in [0.05, 0.1) is 23.3 Å². The van der Waals surface area contributed by atoms with Gasteiger partial charge in [-0.15, -0.1) is 0 Å². The largest absolute Gasteiger partial charge is 0.481 e. The van der Waals surface area contributed by atoms with Crippen molar-refractivity contribution in [2.75, 3.05) is 0 Å². The average molecular weight is 205 g/mol. The summed E-state index contributed by atoms with van der Waals surface area (Å²) in [5.74, 6) is -0.166. The summed E-state index contributed by atoms with van der Waals surface area (Å²) in [6, 6.07) is 3.70. The molecule has 0 amide bonds. The Labute approximate surface area is 86.4 Å². The minimum atomic E-state index is -0.879. The first-order chi connectivity index (χ1) is 7.08. The van der Waals surface area contributed by atoms with E-state index in [9.17, 15) is 4.79 Å². The van der Waals surface area contributed by atoms with Gasteiger partial charge in [0.2, 0.25) is 0 Å². The second-order valence-electron chi connectivity index (χ2n) is 3.45. The Bertz CT molecular complexity index is 531. The number of nitrogens with zero attached hydrogens (tertiary/aromatic N) is 3. The Morgan fingerprint density at radius 2 is 2.20 bits per heavy atom. The molecule has 0 aromatic carbocycles. The number of carboxylic acids is 1. The van der Waals surface area contributed by atoms with Gasteiger partial charge in [-0.05, 0) is 26.0 Å². The monoisotopic (exact) mass is 205 g/mol. The van der Waals surface area contributed by atoms with Gasteiger partial charge in [-0.1, -0.05) is 0 Å². The standard InChI is InChI=1S/C10H11N3O2/c1-6-3-4-9-8(5-10(14)15)11-7(2)13(9)12-6/h3-4H,5H2,1-2H3,(H,14,15). The number of aryl methyl sites for hydroxylation is 2. The van der Waals surface area contributed by atoms with Crippen LogP contribution in [0.25, 0.3) is 5.52 Å². The van der Waals surface area contributed by atoms with Crippen molar-refractivity contribution in [2.24, 2.45) is 0 Å². The summed E-state index contributed by atoms with van der Waals surface area (Å²) in [7, 11) is 0. The van der Waals surface area contributed by atoms with Crippen molar-refractivity contribution in [3.8, 4) is 0 Å². The summed E-state index contributed by atoms with van der Waals surface area (Å²) in [6.07, 6.45) is -0.0674. The van der Waals surface area contributed by atoms with E-state index >= 15 is 0 Å². The molecule has 78 valence electrons. The highest BCUT2D eigenvalue weighted by Gasteiger charge is 2.11. The molecule has 2 aromatic heterocycles. The van der Waals surface area contributed by atoms with Gasteiger partial charge in [0.15, 0.2) is 0 Å². The summed E-state index contributed by atoms with van der Waals surface area (Å²) in [4.78, 5) is 14.8. The van der Waals surface area contributed by atoms with Crippen LogP contribution >= 0.6 is 0 Å². The molecule has 0 bridgehead atoms. The van der Waals surface area contributed by atoms with E-state index in [1.807, 2.05) is 26.0 Å². The fourth-order valence-electron chi connectivity index (χ4n) is 1.55. The molecule has 2 aromatic rings. The van der Waals surface area contributed by atoms with Crippen molar-refractivity contribution in [3.05, 3.63) is 29.3 Å². The number of rotatable bonds is 2. The zero-order chi connectivity index (χ0) is 11.0. The molecule has 0 fully saturated rings. The van der Waals surface area contributed by atoms with Gasteiger partial charge in [0, 0.05) is 0 Å². The van der Waals surface area contributed by atoms with E-state index < -0.39 is 5.97 Å². The van der Waals surface area contributed by atoms with Crippen LogP contribution in [0.3, 0.4) is 0 Å². The lowest BCUT2D eigenvalue weighted by molar-refractivity contribution is -0.136. The Morgan fingerprint density at radius 3 is 2.87 bits per heavy atom. The first-order valence-electron chi connectivity index (χ1n) is 4.61. The second-order valence-corrected chi connectivity index (χ2v) is 3.45. The third kappa shape index (κ3) is 1.68. The van der Waals surface area contributed by atoms with Gasteiger partial charge in [0.25, 0.3) is 0 Å². The molecule has 0 aliphatic carbocycles. The number of hydrogen-bond acceptors (Lipinski definition) is 3. The summed E-state index contributed by atoms with van der Waals surface area (Å²) in [5, 5.41) is 13.0. The zero-order valence-corrected chi connectivity index (χ0v) is 8.56. The topological polar surface area (TPSA) is 67.5 Å². The fraction of sp³-hybridized carbons (Fsp3) is 0.300. The third-order valence-corrected chi connectivity index (χ3v) is 2.19. The van der Waals surface area contributed by atoms with Crippen LogP contribution in [0.5, 0.6) is 0 Å². The molecule has 5 nitrogen and oxygen atoms in total. The van der Waals surface area contributed by atoms with Gasteiger partial charge >= 0.3 is 5.97 Å². The predicted octanol–water partition coefficient (Wildman–Crippen LogP) is 0.973. The van der Waals surface area contributed by atoms with Crippen LogP contribution in [0, 0.1) is 13.8 Å². The Morgan fingerprint density at radius 1 is 1.47 bits per heavy atom. The van der Waals surface area contributed by atoms with Gasteiger partial charge in [0.1, 0.15) is 5.82 Å². The lowest BCUT2D eigenvalue weighted by atomic mass is 10.2. The van der Waals surface area contributed by atoms with Gasteiger partial charge in [-0.25, -0.2) is 9.50 Å². The van der Waals surface area contributed by atoms with Crippen LogP contribution in [0.1, 0.15) is 17.2 Å². The van der Waals surface area contributed by atoms with E-state index in [2.05, 4.69) is 10.1 Å². The Balaban J connectivity index is 2.62. The lowest BCUT2D eigenvalue weighted by Gasteiger charge is -1.97. The Kier molecular flexibility index (Phi) is 2.15. The maximum atomic E-state index is 10.6. The SMILES string of the molecule is Cc1ccc2c(CC(=O)O)nc(C)n2n1. The van der Waals surface area contributed by atoms with Crippen LogP contribution in [-0.4, -0.2) is 25.7 Å². The van der Waals surface area contributed by atoms with Crippen molar-refractivity contribution < 1.29 is 9.90 Å². The van der Waals surface area contributed by atoms with Crippen molar-refractivity contribution >= 4 is 11.5 Å². The van der Waals surface area contributed by atoms with Crippen molar-refractivity contribution in [1.82, 2.24) is 14.6 Å². The number of imidazole rings is 1. The number of aliphatic carboxylic acids is 1. The number of hydrogen-bond donors (Lipinski definition) is 1. The average Bonchev–Trinajstić information content (AvgIpc) is 2.42. The molecule has 0 spiro atoms. The molecule has 15 heavy (non-hydrogen) atoms. The van der Waals surface area contributed by atoms with Gasteiger partial charge in [-0.3, -0.25) is 4.79 Å². The van der Waals surface area contributed by atoms with Crippen LogP contribution in [0.2, 0.25) is 0 Å². The molecule has 1 N–H and O–H groups in total. The van der Waals surface area contributed by atoms with E-state index in [1.165, 1.54) is 0 Å². The van der Waals surface area contributed by atoms with E-state index in [0.29, 0.717) is 11.5 Å². The van der Waals surface area contributed by atoms with E-state index in [-0.39, 0.29) is 6.42 Å². The smallest absolute Gasteiger partial charge is 0.309 e. The first kappa shape index (κ1) is 9.64. The molecule has 0 saturated heterocycles. The number of fused-ring (bicyclic) bond motifs is 1. The lowest BCUT2D eigenvalue weighted by Crippen LogP contribution is -2.01. The molecule has 0 atom stereocenters. The molecule has 2 heterocycles. The molecule has 0 radical (unpaired) electrons. The van der Waals surface area contributed by atoms with Crippen molar-refractivity contribution in [1.29, 1.82) is 0 Å². The molecule has 0 unspecified atom stereocenters. The van der Waals surface area contributed by atoms with E-state index in [1.54, 1.807) is 4.52 Å². The number of carbonyl (C=O) groups is 1. The summed E-state index contributed by atoms with van der Waals surface area (Å²) in [5.41, 5.74) is 2.21. The molecule has 0 aliphatic rings. The normalized spacial score (nSPS) is 10.8. The van der Waals surface area contributed by atoms with E-state index in [0.717, 1.165) is 11.2 Å². The van der Waals surface area contributed by atoms with Crippen LogP contribution in [0.15, 0.2) is 12.1 Å². The summed E-state index contributed by atoms with van der Waals surface area (Å²) in [6.45, 7) is 3.69. The zero-order valence-electron chi connectivity index (χ0n) is 8.56. The Hall–Kier alpha value is -1.91. The minimum absolute atomic E-state index is 0.0674. The molecule has 2 rings (SSSR count). The van der Waals surface area contributed by atoms with Crippen molar-refractivity contribution in [2.45, 2.75) is 20.3 Å². The highest BCUT2D eigenvalue weighted by Crippen LogP contribution is 2.12. The summed E-state index contributed by atoms with van der Waals surface area (Å²) < 4.78 is 1.67. The molecular weight excluding hydrogens is 194 g/mol. The highest BCUT2D eigenvalue weighted by atomic mass is 16.4. The number of carboxylic acid groups (broad SMARTS) is 1. The van der Waals surface area contributed by atoms with Gasteiger partial charge in [-0.2, -0.15) is 5.10 Å². The molecular formula is C10H11N3O2. The first-order valence-corrected chi connectivity index (χ1v) is 4.61. The third-order valence-electron chi connectivity index (χ3n) is 2.19. The highest BCUT2D eigenvalue weighted by molar-refractivity contribution is 5.73. The van der Waals surface area contributed by atoms with Crippen LogP contribution in [0.4, 0.5) is 0 Å². The maximum absolute atomic E-state index is 10.6. The predicted molar refractivity (Wildman–Crippen MR) is 53.8 cm³/mol. The van der Waals surface area contributed by atoms with Crippen LogP contribution < -0.4 is 0 Å². The maximum Gasteiger partial charge on any atom is 0.309 e. The van der Waals surface area contributed by atoms with E-state index in [4.69, 9.17) is 5.11 Å². The fourth-order valence-corrected chi connectivity index (χ4v) is 1.55. The molecule has 0 saturated carbocycles. The quantitative estimate of drug-likeness (QED) is 0.793. The van der Waals surface area contributed by atoms with Gasteiger partial charge < -0.3 is 5.11 Å². The van der Waals surface area contributed by atoms with Crippen molar-refractivity contribution in [3.63, 3.8) is 0 Å². The summed E-state index contributed by atoms with van der Waals surface area (Å²) >= 11 is 0. The second kappa shape index (κ2) is 3.34. The minimum Gasteiger partial charge on any atom is -0.481 e. The number of aromatic nitrogens is 3.